The van der Waals surface area contributed by atoms with Crippen molar-refractivity contribution in [2.75, 3.05) is 24.6 Å². The third-order valence-corrected chi connectivity index (χ3v) is 9.56. The summed E-state index contributed by atoms with van der Waals surface area (Å²) in [5.74, 6) is -2.37. The van der Waals surface area contributed by atoms with E-state index in [-0.39, 0.29) is 33.6 Å². The van der Waals surface area contributed by atoms with Crippen molar-refractivity contribution in [2.24, 2.45) is 0 Å². The molecule has 2 saturated heterocycles. The number of rotatable bonds is 9. The molecule has 0 bridgehead atoms. The standard InChI is InChI=1S/C22H22N8O8S3/c31-12-3-4-13(30(38)26-12)40-8-10-9-41-19-15(18(33)29(19)16(10)20(34)35)24-17(32)14(11-2-1-7-39-11)25-21(36)27-28-6-5-23-22(28)37/h1-4,7,14-15,19H,5-6,8-9H2,(H,23,37)(H,24,32)(H,26,31)(H,34,35)(H2,25,27,36)/t14?,15-,19?/m0/s1. The first-order valence-electron chi connectivity index (χ1n) is 12.0. The number of amides is 6. The maximum absolute atomic E-state index is 13.3. The molecule has 0 aliphatic carbocycles. The smallest absolute Gasteiger partial charge is 0.352 e. The molecule has 2 aromatic heterocycles. The lowest BCUT2D eigenvalue weighted by Crippen LogP contribution is -2.71. The van der Waals surface area contributed by atoms with Gasteiger partial charge in [0.25, 0.3) is 16.5 Å². The molecule has 5 rings (SSSR count). The molecule has 3 aliphatic rings. The van der Waals surface area contributed by atoms with Gasteiger partial charge in [-0.1, -0.05) is 10.9 Å². The average Bonchev–Trinajstić information content (AvgIpc) is 3.61. The Morgan fingerprint density at radius 2 is 2.05 bits per heavy atom. The first kappa shape index (κ1) is 28.3. The maximum Gasteiger partial charge on any atom is 0.352 e. The highest BCUT2D eigenvalue weighted by Crippen LogP contribution is 2.41. The molecule has 5 heterocycles. The molecule has 0 radical (unpaired) electrons. The number of H-pyrrole nitrogens is 1. The minimum absolute atomic E-state index is 0.0744. The number of hydrazine groups is 1. The van der Waals surface area contributed by atoms with Gasteiger partial charge in [-0.25, -0.2) is 24.8 Å². The Kier molecular flexibility index (Phi) is 8.08. The van der Waals surface area contributed by atoms with Crippen LogP contribution in [0, 0.1) is 5.21 Å². The number of thiophene rings is 1. The molecule has 41 heavy (non-hydrogen) atoms. The molecule has 2 fully saturated rings. The summed E-state index contributed by atoms with van der Waals surface area (Å²) in [5.41, 5.74) is 1.96. The van der Waals surface area contributed by atoms with Crippen LogP contribution in [0.4, 0.5) is 9.59 Å². The van der Waals surface area contributed by atoms with Crippen molar-refractivity contribution in [2.45, 2.75) is 22.5 Å². The molecule has 2 unspecified atom stereocenters. The SMILES string of the molecule is O=C(NC(C(=O)N[C@H]1C(=O)N2C(C(=O)O)=C(CSc3ccc(=O)[nH][n+]3[O-])CSC12)c1cccs1)NN1CCNC1=O. The number of carbonyl (C=O) groups excluding carboxylic acids is 4. The molecule has 3 aliphatic heterocycles. The number of urea groups is 2. The number of carboxylic acids is 1. The number of fused-ring (bicyclic) bond motifs is 1. The average molecular weight is 623 g/mol. The van der Waals surface area contributed by atoms with Crippen molar-refractivity contribution < 1.29 is 33.9 Å². The largest absolute Gasteiger partial charge is 0.595 e. The fourth-order valence-corrected chi connectivity index (χ4v) is 7.43. The zero-order chi connectivity index (χ0) is 29.3. The predicted molar refractivity (Wildman–Crippen MR) is 145 cm³/mol. The molecular formula is C22H22N8O8S3. The topological polar surface area (TPSA) is 220 Å². The minimum Gasteiger partial charge on any atom is -0.595 e. The normalized spacial score (nSPS) is 20.6. The van der Waals surface area contributed by atoms with E-state index in [0.29, 0.717) is 17.0 Å². The second-order valence-corrected chi connectivity index (χ2v) is 11.9. The van der Waals surface area contributed by atoms with E-state index in [9.17, 15) is 39.1 Å². The molecule has 2 aromatic rings. The number of aromatic amines is 1. The van der Waals surface area contributed by atoms with Crippen LogP contribution < -0.4 is 31.8 Å². The number of hydrogen-bond acceptors (Lipinski definition) is 10. The number of aliphatic carboxylic acids is 1. The summed E-state index contributed by atoms with van der Waals surface area (Å²) in [6, 6.07) is 2.28. The monoisotopic (exact) mass is 622 g/mol. The van der Waals surface area contributed by atoms with E-state index >= 15 is 0 Å². The van der Waals surface area contributed by atoms with Crippen molar-refractivity contribution in [1.29, 1.82) is 0 Å². The van der Waals surface area contributed by atoms with Gasteiger partial charge in [0.15, 0.2) is 0 Å². The Morgan fingerprint density at radius 1 is 1.24 bits per heavy atom. The second kappa shape index (κ2) is 11.7. The molecular weight excluding hydrogens is 600 g/mol. The van der Waals surface area contributed by atoms with Gasteiger partial charge < -0.3 is 26.3 Å². The van der Waals surface area contributed by atoms with E-state index in [0.717, 1.165) is 21.7 Å². The zero-order valence-corrected chi connectivity index (χ0v) is 23.3. The Morgan fingerprint density at radius 3 is 2.71 bits per heavy atom. The molecule has 3 atom stereocenters. The molecule has 19 heteroatoms. The van der Waals surface area contributed by atoms with Gasteiger partial charge >= 0.3 is 18.0 Å². The van der Waals surface area contributed by atoms with E-state index < -0.39 is 52.9 Å². The van der Waals surface area contributed by atoms with Gasteiger partial charge in [-0.15, -0.1) is 28.2 Å². The Labute approximate surface area is 243 Å². The van der Waals surface area contributed by atoms with Gasteiger partial charge in [-0.3, -0.25) is 19.3 Å². The summed E-state index contributed by atoms with van der Waals surface area (Å²) in [5, 5.41) is 33.8. The quantitative estimate of drug-likeness (QED) is 0.0856. The maximum atomic E-state index is 13.3. The van der Waals surface area contributed by atoms with Crippen LogP contribution in [0.2, 0.25) is 0 Å². The van der Waals surface area contributed by atoms with E-state index in [2.05, 4.69) is 26.5 Å². The van der Waals surface area contributed by atoms with Gasteiger partial charge in [-0.05, 0) is 28.8 Å². The van der Waals surface area contributed by atoms with Crippen molar-refractivity contribution in [1.82, 2.24) is 36.4 Å². The highest BCUT2D eigenvalue weighted by Gasteiger charge is 2.54. The number of nitrogens with zero attached hydrogens (tertiary/aromatic N) is 3. The number of thioether (sulfide) groups is 2. The minimum atomic E-state index is -1.33. The van der Waals surface area contributed by atoms with Crippen LogP contribution in [0.5, 0.6) is 0 Å². The molecule has 6 amide bonds. The third kappa shape index (κ3) is 5.81. The van der Waals surface area contributed by atoms with E-state index in [1.807, 2.05) is 0 Å². The lowest BCUT2D eigenvalue weighted by atomic mass is 10.0. The van der Waals surface area contributed by atoms with Crippen LogP contribution >= 0.6 is 34.9 Å². The lowest BCUT2D eigenvalue weighted by Gasteiger charge is -2.49. The third-order valence-electron chi connectivity index (χ3n) is 6.19. The molecule has 0 saturated carbocycles. The van der Waals surface area contributed by atoms with Gasteiger partial charge in [0.2, 0.25) is 5.91 Å². The summed E-state index contributed by atoms with van der Waals surface area (Å²) in [7, 11) is 0. The van der Waals surface area contributed by atoms with Crippen molar-refractivity contribution in [3.05, 3.63) is 61.4 Å². The number of carbonyl (C=O) groups is 5. The molecule has 0 spiro atoms. The fourth-order valence-electron chi connectivity index (χ4n) is 4.29. The summed E-state index contributed by atoms with van der Waals surface area (Å²) in [6.07, 6.45) is 0. The molecule has 216 valence electrons. The van der Waals surface area contributed by atoms with E-state index in [1.54, 1.807) is 17.5 Å². The highest BCUT2D eigenvalue weighted by molar-refractivity contribution is 8.01. The second-order valence-electron chi connectivity index (χ2n) is 8.80. The first-order valence-corrected chi connectivity index (χ1v) is 14.9. The van der Waals surface area contributed by atoms with Crippen molar-refractivity contribution in [3.63, 3.8) is 0 Å². The van der Waals surface area contributed by atoms with Gasteiger partial charge in [0, 0.05) is 35.1 Å². The number of β-lactam (4-membered cyclic amide) rings is 1. The summed E-state index contributed by atoms with van der Waals surface area (Å²) >= 11 is 3.46. The van der Waals surface area contributed by atoms with Crippen molar-refractivity contribution >= 4 is 64.7 Å². The molecule has 0 aromatic carbocycles. The number of hydrogen-bond donors (Lipinski definition) is 6. The Balaban J connectivity index is 1.27. The number of carboxylic acid groups (broad SMARTS) is 1. The van der Waals surface area contributed by atoms with Crippen LogP contribution in [0.15, 0.2) is 50.7 Å². The number of nitrogens with one attached hydrogen (secondary N) is 5. The van der Waals surface area contributed by atoms with E-state index in [4.69, 9.17) is 0 Å². The summed E-state index contributed by atoms with van der Waals surface area (Å²) in [4.78, 5) is 76.0. The van der Waals surface area contributed by atoms with Crippen LogP contribution in [-0.4, -0.2) is 86.0 Å². The number of aromatic nitrogens is 2. The summed E-state index contributed by atoms with van der Waals surface area (Å²) in [6.45, 7) is 0.599. The van der Waals surface area contributed by atoms with Crippen LogP contribution in [-0.2, 0) is 14.4 Å². The van der Waals surface area contributed by atoms with Crippen LogP contribution in [0.25, 0.3) is 0 Å². The Hall–Kier alpha value is -4.23. The fraction of sp³-hybridized carbons (Fsp3) is 0.318. The zero-order valence-electron chi connectivity index (χ0n) is 20.8. The predicted octanol–water partition coefficient (Wildman–Crippen LogP) is -1.12. The highest BCUT2D eigenvalue weighted by atomic mass is 32.2. The van der Waals surface area contributed by atoms with Gasteiger partial charge in [0.1, 0.15) is 23.2 Å². The summed E-state index contributed by atoms with van der Waals surface area (Å²) < 4.78 is 0. The van der Waals surface area contributed by atoms with Crippen LogP contribution in [0.3, 0.4) is 0 Å². The van der Waals surface area contributed by atoms with Crippen LogP contribution in [0.1, 0.15) is 10.9 Å². The first-order chi connectivity index (χ1) is 19.6. The lowest BCUT2D eigenvalue weighted by molar-refractivity contribution is -0.707. The molecule has 6 N–H and O–H groups in total. The Bertz CT molecular complexity index is 1500. The molecule has 16 nitrogen and oxygen atoms in total. The van der Waals surface area contributed by atoms with Gasteiger partial charge in [0.05, 0.1) is 6.54 Å². The van der Waals surface area contributed by atoms with Crippen molar-refractivity contribution in [3.8, 4) is 0 Å². The van der Waals surface area contributed by atoms with E-state index in [1.165, 1.54) is 35.2 Å². The van der Waals surface area contributed by atoms with Gasteiger partial charge in [-0.2, -0.15) is 0 Å².